The third-order valence-corrected chi connectivity index (χ3v) is 2.55. The average Bonchev–Trinajstić information content (AvgIpc) is 2.38. The predicted molar refractivity (Wildman–Crippen MR) is 66.6 cm³/mol. The van der Waals surface area contributed by atoms with Gasteiger partial charge in [0, 0.05) is 12.0 Å². The second-order valence-electron chi connectivity index (χ2n) is 3.73. The first-order chi connectivity index (χ1) is 8.31. The Morgan fingerprint density at radius 3 is 2.24 bits per heavy atom. The van der Waals surface area contributed by atoms with Crippen molar-refractivity contribution >= 4 is 5.71 Å². The Morgan fingerprint density at radius 2 is 1.59 bits per heavy atom. The molecule has 0 heterocycles. The van der Waals surface area contributed by atoms with Crippen LogP contribution in [-0.2, 0) is 6.42 Å². The summed E-state index contributed by atoms with van der Waals surface area (Å²) in [5.41, 5.74) is 2.04. The molecule has 2 aromatic rings. The first-order valence-electron chi connectivity index (χ1n) is 5.34. The minimum absolute atomic E-state index is 0.122. The van der Waals surface area contributed by atoms with Gasteiger partial charge in [0.05, 0.1) is 5.71 Å². The lowest BCUT2D eigenvalue weighted by atomic mass is 10.0. The molecule has 0 saturated heterocycles. The first-order valence-corrected chi connectivity index (χ1v) is 5.34. The Balaban J connectivity index is 2.28. The van der Waals surface area contributed by atoms with Crippen molar-refractivity contribution in [1.29, 1.82) is 0 Å². The number of benzene rings is 2. The van der Waals surface area contributed by atoms with Gasteiger partial charge in [-0.3, -0.25) is 0 Å². The molecule has 2 rings (SSSR count). The van der Waals surface area contributed by atoms with Crippen LogP contribution in [0.15, 0.2) is 59.8 Å². The molecule has 86 valence electrons. The lowest BCUT2D eigenvalue weighted by Crippen LogP contribution is -2.05. The fourth-order valence-corrected chi connectivity index (χ4v) is 1.69. The van der Waals surface area contributed by atoms with E-state index in [1.807, 2.05) is 30.3 Å². The van der Waals surface area contributed by atoms with Crippen LogP contribution < -0.4 is 0 Å². The normalized spacial score (nSPS) is 11.4. The third kappa shape index (κ3) is 2.64. The maximum atomic E-state index is 9.70. The highest BCUT2D eigenvalue weighted by atomic mass is 16.4. The van der Waals surface area contributed by atoms with E-state index in [0.717, 1.165) is 5.56 Å². The lowest BCUT2D eigenvalue weighted by Gasteiger charge is -2.06. The second-order valence-corrected chi connectivity index (χ2v) is 3.73. The molecule has 3 nitrogen and oxygen atoms in total. The Hall–Kier alpha value is -2.29. The molecule has 0 aliphatic carbocycles. The van der Waals surface area contributed by atoms with E-state index in [4.69, 9.17) is 5.21 Å². The summed E-state index contributed by atoms with van der Waals surface area (Å²) in [6.45, 7) is 0. The second kappa shape index (κ2) is 5.16. The van der Waals surface area contributed by atoms with E-state index < -0.39 is 0 Å². The van der Waals surface area contributed by atoms with E-state index in [1.54, 1.807) is 24.3 Å². The zero-order valence-electron chi connectivity index (χ0n) is 9.24. The summed E-state index contributed by atoms with van der Waals surface area (Å²) in [7, 11) is 0. The Morgan fingerprint density at radius 1 is 0.941 bits per heavy atom. The molecule has 0 amide bonds. The molecule has 0 aliphatic rings. The highest BCUT2D eigenvalue weighted by Gasteiger charge is 2.09. The first kappa shape index (κ1) is 11.2. The van der Waals surface area contributed by atoms with Gasteiger partial charge in [-0.25, -0.2) is 0 Å². The number of nitrogens with zero attached hydrogens (tertiary/aromatic N) is 1. The molecule has 3 heteroatoms. The minimum atomic E-state index is 0.122. The molecule has 0 unspecified atom stereocenters. The molecule has 2 N–H and O–H groups in total. The Kier molecular flexibility index (Phi) is 3.40. The summed E-state index contributed by atoms with van der Waals surface area (Å²) in [6.07, 6.45) is 0.481. The van der Waals surface area contributed by atoms with Gasteiger partial charge in [-0.2, -0.15) is 0 Å². The summed E-state index contributed by atoms with van der Waals surface area (Å²) >= 11 is 0. The van der Waals surface area contributed by atoms with Gasteiger partial charge in [0.1, 0.15) is 5.75 Å². The fourth-order valence-electron chi connectivity index (χ4n) is 1.69. The highest BCUT2D eigenvalue weighted by Crippen LogP contribution is 2.18. The smallest absolute Gasteiger partial charge is 0.124 e. The van der Waals surface area contributed by atoms with Gasteiger partial charge >= 0.3 is 0 Å². The van der Waals surface area contributed by atoms with Crippen molar-refractivity contribution in [3.63, 3.8) is 0 Å². The van der Waals surface area contributed by atoms with E-state index in [1.165, 1.54) is 0 Å². The predicted octanol–water partition coefficient (Wildman–Crippen LogP) is 2.81. The molecule has 0 fully saturated rings. The van der Waals surface area contributed by atoms with Crippen LogP contribution in [0.1, 0.15) is 11.1 Å². The monoisotopic (exact) mass is 227 g/mol. The van der Waals surface area contributed by atoms with E-state index in [-0.39, 0.29) is 5.75 Å². The molecule has 0 saturated carbocycles. The molecular weight excluding hydrogens is 214 g/mol. The van der Waals surface area contributed by atoms with E-state index in [2.05, 4.69) is 5.16 Å². The topological polar surface area (TPSA) is 52.8 Å². The fraction of sp³-hybridized carbons (Fsp3) is 0.0714. The van der Waals surface area contributed by atoms with Gasteiger partial charge in [-0.05, 0) is 17.7 Å². The van der Waals surface area contributed by atoms with Crippen LogP contribution in [0.3, 0.4) is 0 Å². The highest BCUT2D eigenvalue weighted by molar-refractivity contribution is 6.03. The Labute approximate surface area is 99.7 Å². The number of para-hydroxylation sites is 1. The van der Waals surface area contributed by atoms with Gasteiger partial charge in [0.15, 0.2) is 0 Å². The summed E-state index contributed by atoms with van der Waals surface area (Å²) < 4.78 is 0. The average molecular weight is 227 g/mol. The minimum Gasteiger partial charge on any atom is -0.507 e. The molecule has 17 heavy (non-hydrogen) atoms. The van der Waals surface area contributed by atoms with Crippen molar-refractivity contribution < 1.29 is 10.3 Å². The molecule has 0 atom stereocenters. The van der Waals surface area contributed by atoms with E-state index in [0.29, 0.717) is 17.7 Å². The summed E-state index contributed by atoms with van der Waals surface area (Å²) in [4.78, 5) is 0. The summed E-state index contributed by atoms with van der Waals surface area (Å²) in [5.74, 6) is 0.122. The van der Waals surface area contributed by atoms with Gasteiger partial charge < -0.3 is 10.3 Å². The largest absolute Gasteiger partial charge is 0.507 e. The maximum Gasteiger partial charge on any atom is 0.124 e. The zero-order valence-corrected chi connectivity index (χ0v) is 9.24. The van der Waals surface area contributed by atoms with Crippen molar-refractivity contribution in [2.75, 3.05) is 0 Å². The number of aromatic hydroxyl groups is 1. The van der Waals surface area contributed by atoms with E-state index in [9.17, 15) is 5.11 Å². The molecule has 0 aromatic heterocycles. The van der Waals surface area contributed by atoms with Crippen LogP contribution in [0, 0.1) is 0 Å². The van der Waals surface area contributed by atoms with Crippen LogP contribution in [0.4, 0.5) is 0 Å². The van der Waals surface area contributed by atoms with Crippen molar-refractivity contribution in [2.45, 2.75) is 6.42 Å². The number of phenols is 1. The number of phenolic OH excluding ortho intramolecular Hbond substituents is 1. The van der Waals surface area contributed by atoms with E-state index >= 15 is 0 Å². The standard InChI is InChI=1S/C14H13NO2/c16-14-9-5-4-8-12(14)13(15-17)10-11-6-2-1-3-7-11/h1-9,16-17H,10H2/b15-13+. The molecule has 0 radical (unpaired) electrons. The molecule has 2 aromatic carbocycles. The number of oxime groups is 1. The van der Waals surface area contributed by atoms with Gasteiger partial charge in [-0.15, -0.1) is 0 Å². The number of hydrogen-bond donors (Lipinski definition) is 2. The van der Waals surface area contributed by atoms with Crippen molar-refractivity contribution in [2.24, 2.45) is 5.16 Å². The van der Waals surface area contributed by atoms with Crippen LogP contribution in [0.2, 0.25) is 0 Å². The lowest BCUT2D eigenvalue weighted by molar-refractivity contribution is 0.318. The summed E-state index contributed by atoms with van der Waals surface area (Å²) in [5, 5.41) is 22.0. The van der Waals surface area contributed by atoms with Crippen LogP contribution >= 0.6 is 0 Å². The van der Waals surface area contributed by atoms with Crippen LogP contribution in [-0.4, -0.2) is 16.0 Å². The zero-order chi connectivity index (χ0) is 12.1. The molecule has 0 spiro atoms. The molecule has 0 aliphatic heterocycles. The van der Waals surface area contributed by atoms with Crippen LogP contribution in [0.25, 0.3) is 0 Å². The molecular formula is C14H13NO2. The van der Waals surface area contributed by atoms with Gasteiger partial charge in [0.2, 0.25) is 0 Å². The molecule has 0 bridgehead atoms. The van der Waals surface area contributed by atoms with Gasteiger partial charge in [-0.1, -0.05) is 47.6 Å². The maximum absolute atomic E-state index is 9.70. The van der Waals surface area contributed by atoms with Crippen molar-refractivity contribution in [3.8, 4) is 5.75 Å². The number of rotatable bonds is 3. The van der Waals surface area contributed by atoms with Crippen LogP contribution in [0.5, 0.6) is 5.75 Å². The summed E-state index contributed by atoms with van der Waals surface area (Å²) in [6, 6.07) is 16.5. The SMILES string of the molecule is O/N=C(\Cc1ccccc1)c1ccccc1O. The Bertz CT molecular complexity index is 521. The van der Waals surface area contributed by atoms with Gasteiger partial charge in [0.25, 0.3) is 0 Å². The van der Waals surface area contributed by atoms with Crippen molar-refractivity contribution in [1.82, 2.24) is 0 Å². The third-order valence-electron chi connectivity index (χ3n) is 2.55. The number of hydrogen-bond acceptors (Lipinski definition) is 3. The quantitative estimate of drug-likeness (QED) is 0.481. The van der Waals surface area contributed by atoms with Crippen molar-refractivity contribution in [3.05, 3.63) is 65.7 Å².